The Bertz CT molecular complexity index is 1060. The summed E-state index contributed by atoms with van der Waals surface area (Å²) < 4.78 is 5.89. The molecule has 6 nitrogen and oxygen atoms in total. The van der Waals surface area contributed by atoms with Gasteiger partial charge in [-0.3, -0.25) is 9.59 Å². The van der Waals surface area contributed by atoms with Crippen LogP contribution in [0.2, 0.25) is 0 Å². The molecule has 0 aromatic rings. The van der Waals surface area contributed by atoms with E-state index in [9.17, 15) is 19.8 Å². The zero-order chi connectivity index (χ0) is 43.1. The summed E-state index contributed by atoms with van der Waals surface area (Å²) in [5, 5.41) is 23.7. The van der Waals surface area contributed by atoms with E-state index in [1.807, 2.05) is 0 Å². The van der Waals surface area contributed by atoms with E-state index < -0.39 is 18.2 Å². The van der Waals surface area contributed by atoms with Crippen LogP contribution in [-0.2, 0) is 14.3 Å². The molecule has 3 atom stereocenters. The third-order valence-corrected chi connectivity index (χ3v) is 11.1. The van der Waals surface area contributed by atoms with Gasteiger partial charge in [-0.1, -0.05) is 204 Å². The van der Waals surface area contributed by atoms with Crippen LogP contribution in [0.25, 0.3) is 0 Å². The Morgan fingerprint density at radius 1 is 0.525 bits per heavy atom. The SMILES string of the molecule is CC/C=C/C/C=C/C/C=C/CCCCC(CC(=O)NC(CO)C(O)CCCCCCCCCCCCCC)OC(=O)CCCCC/C=C/C=C/CCCCCCCCC. The van der Waals surface area contributed by atoms with Crippen molar-refractivity contribution in [3.05, 3.63) is 60.8 Å². The van der Waals surface area contributed by atoms with E-state index in [-0.39, 0.29) is 24.9 Å². The van der Waals surface area contributed by atoms with E-state index in [1.54, 1.807) is 0 Å². The molecular weight excluding hydrogens is 731 g/mol. The summed E-state index contributed by atoms with van der Waals surface area (Å²) in [6, 6.07) is -0.719. The lowest BCUT2D eigenvalue weighted by Crippen LogP contribution is -2.46. The summed E-state index contributed by atoms with van der Waals surface area (Å²) in [7, 11) is 0. The topological polar surface area (TPSA) is 95.9 Å². The van der Waals surface area contributed by atoms with Crippen molar-refractivity contribution in [2.24, 2.45) is 0 Å². The fourth-order valence-electron chi connectivity index (χ4n) is 7.32. The fourth-order valence-corrected chi connectivity index (χ4v) is 7.32. The molecule has 0 aromatic carbocycles. The number of amides is 1. The number of aliphatic hydroxyl groups excluding tert-OH is 2. The summed E-state index contributed by atoms with van der Waals surface area (Å²) in [6.45, 7) is 6.34. The lowest BCUT2D eigenvalue weighted by Gasteiger charge is -2.24. The molecule has 0 bridgehead atoms. The second kappa shape index (κ2) is 46.6. The fraction of sp³-hybridized carbons (Fsp3) is 0.774. The van der Waals surface area contributed by atoms with Crippen molar-refractivity contribution in [1.29, 1.82) is 0 Å². The van der Waals surface area contributed by atoms with E-state index in [0.29, 0.717) is 19.3 Å². The van der Waals surface area contributed by atoms with Crippen molar-refractivity contribution in [2.75, 3.05) is 6.61 Å². The van der Waals surface area contributed by atoms with E-state index in [4.69, 9.17) is 4.74 Å². The van der Waals surface area contributed by atoms with Gasteiger partial charge in [-0.25, -0.2) is 0 Å². The molecule has 0 aliphatic heterocycles. The standard InChI is InChI=1S/C53H95NO5/c1-4-7-10-13-16-19-22-25-26-27-28-31-34-37-40-43-46-53(58)59-49(44-41-38-35-32-29-23-20-17-14-11-8-5-2)47-52(57)54-50(48-55)51(56)45-42-39-36-33-30-24-21-18-15-12-9-6-3/h8,11,17,20,26-29,31-32,49-51,55-56H,4-7,9-10,12-16,18-19,21-25,30,33-48H2,1-3H3,(H,54,57)/b11-8+,20-17+,27-26+,31-28+,32-29+. The molecule has 1 amide bonds. The van der Waals surface area contributed by atoms with E-state index in [0.717, 1.165) is 89.9 Å². The highest BCUT2D eigenvalue weighted by atomic mass is 16.5. The van der Waals surface area contributed by atoms with E-state index in [2.05, 4.69) is 86.8 Å². The molecule has 0 fully saturated rings. The summed E-state index contributed by atoms with van der Waals surface area (Å²) >= 11 is 0. The molecule has 0 saturated carbocycles. The Morgan fingerprint density at radius 3 is 1.51 bits per heavy atom. The van der Waals surface area contributed by atoms with Gasteiger partial charge >= 0.3 is 5.97 Å². The van der Waals surface area contributed by atoms with Crippen LogP contribution in [-0.4, -0.2) is 46.9 Å². The first-order chi connectivity index (χ1) is 29.0. The molecule has 0 heterocycles. The quantitative estimate of drug-likeness (QED) is 0.0246. The number of esters is 1. The van der Waals surface area contributed by atoms with Gasteiger partial charge in [0.25, 0.3) is 0 Å². The van der Waals surface area contributed by atoms with Crippen LogP contribution in [0.4, 0.5) is 0 Å². The predicted molar refractivity (Wildman–Crippen MR) is 255 cm³/mol. The molecule has 3 N–H and O–H groups in total. The van der Waals surface area contributed by atoms with Crippen molar-refractivity contribution < 1.29 is 24.5 Å². The lowest BCUT2D eigenvalue weighted by atomic mass is 10.0. The number of rotatable bonds is 44. The van der Waals surface area contributed by atoms with Gasteiger partial charge in [-0.05, 0) is 83.5 Å². The Balaban J connectivity index is 4.66. The summed E-state index contributed by atoms with van der Waals surface area (Å²) in [5.74, 6) is -0.544. The van der Waals surface area contributed by atoms with Crippen LogP contribution < -0.4 is 5.32 Å². The third kappa shape index (κ3) is 42.1. The number of allylic oxidation sites excluding steroid dienone is 10. The molecule has 342 valence electrons. The van der Waals surface area contributed by atoms with Crippen molar-refractivity contribution in [3.63, 3.8) is 0 Å². The molecule has 0 radical (unpaired) electrons. The Kier molecular flexibility index (Phi) is 44.7. The van der Waals surface area contributed by atoms with Gasteiger partial charge in [0.05, 0.1) is 25.2 Å². The minimum absolute atomic E-state index is 0.0396. The first-order valence-corrected chi connectivity index (χ1v) is 25.0. The molecular formula is C53H95NO5. The number of hydrogen-bond acceptors (Lipinski definition) is 5. The zero-order valence-corrected chi connectivity index (χ0v) is 38.9. The maximum atomic E-state index is 13.2. The van der Waals surface area contributed by atoms with Crippen LogP contribution in [0.3, 0.4) is 0 Å². The van der Waals surface area contributed by atoms with Gasteiger partial charge in [-0.15, -0.1) is 0 Å². The van der Waals surface area contributed by atoms with Crippen LogP contribution in [0, 0.1) is 0 Å². The van der Waals surface area contributed by atoms with E-state index in [1.165, 1.54) is 103 Å². The molecule has 6 heteroatoms. The number of aliphatic hydroxyl groups is 2. The highest BCUT2D eigenvalue weighted by Crippen LogP contribution is 2.17. The van der Waals surface area contributed by atoms with Gasteiger partial charge in [0.2, 0.25) is 5.91 Å². The second-order valence-electron chi connectivity index (χ2n) is 16.9. The van der Waals surface area contributed by atoms with Crippen molar-refractivity contribution in [2.45, 2.75) is 257 Å². The van der Waals surface area contributed by atoms with E-state index >= 15 is 0 Å². The maximum Gasteiger partial charge on any atom is 0.306 e. The number of nitrogens with one attached hydrogen (secondary N) is 1. The van der Waals surface area contributed by atoms with Crippen LogP contribution in [0.15, 0.2) is 60.8 Å². The average molecular weight is 826 g/mol. The van der Waals surface area contributed by atoms with Gasteiger partial charge in [0.1, 0.15) is 6.10 Å². The number of carbonyl (C=O) groups excluding carboxylic acids is 2. The van der Waals surface area contributed by atoms with Crippen molar-refractivity contribution in [1.82, 2.24) is 5.32 Å². The Labute approximate surface area is 365 Å². The van der Waals surface area contributed by atoms with Gasteiger partial charge < -0.3 is 20.3 Å². The number of unbranched alkanes of at least 4 members (excludes halogenated alkanes) is 23. The average Bonchev–Trinajstić information content (AvgIpc) is 3.23. The van der Waals surface area contributed by atoms with Crippen LogP contribution in [0.1, 0.15) is 239 Å². The molecule has 0 spiro atoms. The van der Waals surface area contributed by atoms with Crippen molar-refractivity contribution in [3.8, 4) is 0 Å². The molecule has 0 aliphatic carbocycles. The largest absolute Gasteiger partial charge is 0.462 e. The third-order valence-electron chi connectivity index (χ3n) is 11.1. The second-order valence-corrected chi connectivity index (χ2v) is 16.9. The first-order valence-electron chi connectivity index (χ1n) is 25.0. The highest BCUT2D eigenvalue weighted by Gasteiger charge is 2.24. The number of hydrogen-bond donors (Lipinski definition) is 3. The molecule has 0 aliphatic rings. The summed E-state index contributed by atoms with van der Waals surface area (Å²) in [6.07, 6.45) is 57.1. The number of ether oxygens (including phenoxy) is 1. The van der Waals surface area contributed by atoms with Gasteiger partial charge in [0, 0.05) is 6.42 Å². The highest BCUT2D eigenvalue weighted by molar-refractivity contribution is 5.77. The monoisotopic (exact) mass is 826 g/mol. The maximum absolute atomic E-state index is 13.2. The number of carbonyl (C=O) groups is 2. The molecule has 0 rings (SSSR count). The van der Waals surface area contributed by atoms with Crippen LogP contribution >= 0.6 is 0 Å². The summed E-state index contributed by atoms with van der Waals surface area (Å²) in [5.41, 5.74) is 0. The van der Waals surface area contributed by atoms with Gasteiger partial charge in [-0.2, -0.15) is 0 Å². The van der Waals surface area contributed by atoms with Gasteiger partial charge in [0.15, 0.2) is 0 Å². The van der Waals surface area contributed by atoms with Crippen molar-refractivity contribution >= 4 is 11.9 Å². The molecule has 3 unspecified atom stereocenters. The smallest absolute Gasteiger partial charge is 0.306 e. The predicted octanol–water partition coefficient (Wildman–Crippen LogP) is 14.8. The summed E-state index contributed by atoms with van der Waals surface area (Å²) in [4.78, 5) is 26.1. The lowest BCUT2D eigenvalue weighted by molar-refractivity contribution is -0.151. The Morgan fingerprint density at radius 2 is 0.966 bits per heavy atom. The molecule has 0 saturated heterocycles. The minimum atomic E-state index is -0.803. The zero-order valence-electron chi connectivity index (χ0n) is 38.9. The first kappa shape index (κ1) is 56.6. The normalized spacial score (nSPS) is 13.8. The Hall–Kier alpha value is -2.44. The minimum Gasteiger partial charge on any atom is -0.462 e. The molecule has 0 aromatic heterocycles. The van der Waals surface area contributed by atoms with Crippen LogP contribution in [0.5, 0.6) is 0 Å². The molecule has 59 heavy (non-hydrogen) atoms.